The number of rotatable bonds is 11. The summed E-state index contributed by atoms with van der Waals surface area (Å²) in [6.45, 7) is 1.74. The lowest BCUT2D eigenvalue weighted by molar-refractivity contribution is -0.131. The van der Waals surface area contributed by atoms with Gasteiger partial charge in [-0.25, -0.2) is 9.37 Å². The molecule has 1 unspecified atom stereocenters. The van der Waals surface area contributed by atoms with E-state index in [4.69, 9.17) is 36.7 Å². The molecule has 16 heteroatoms. The van der Waals surface area contributed by atoms with Crippen molar-refractivity contribution >= 4 is 41.5 Å². The van der Waals surface area contributed by atoms with Crippen LogP contribution in [0.4, 0.5) is 14.5 Å². The molecule has 2 heterocycles. The Morgan fingerprint density at radius 2 is 1.91 bits per heavy atom. The van der Waals surface area contributed by atoms with Crippen LogP contribution < -0.4 is 21.1 Å². The zero-order valence-electron chi connectivity index (χ0n) is 24.5. The molecule has 3 amide bonds. The number of ether oxygens (including phenoxy) is 2. The average molecular weight is 651 g/mol. The highest BCUT2D eigenvalue weighted by Gasteiger charge is 2.28. The number of likely N-dealkylation sites (tertiary alicyclic amines) is 1. The van der Waals surface area contributed by atoms with E-state index in [1.807, 2.05) is 0 Å². The number of hydrogen-bond acceptors (Lipinski definition) is 8. The van der Waals surface area contributed by atoms with Gasteiger partial charge in [0.2, 0.25) is 11.7 Å². The lowest BCUT2D eigenvalue weighted by atomic mass is 10.1. The molecular formula is C29H33ClF2N6O7. The molecule has 0 bridgehead atoms. The molecule has 242 valence electrons. The third kappa shape index (κ3) is 8.74. The Bertz CT molecular complexity index is 1540. The molecule has 0 radical (unpaired) electrons. The Morgan fingerprint density at radius 3 is 2.58 bits per heavy atom. The number of anilines is 1. The maximum atomic E-state index is 14.6. The SMILES string of the molecule is COc1ccc(-c2cnc(C(=O)Nc3ccc(C(=O)NC4CCN(C(=O)CCOCCN)C4)c(Cl)c3)n2C)c(F)c1F.O=CO. The van der Waals surface area contributed by atoms with E-state index in [1.165, 1.54) is 55.3 Å². The predicted octanol–water partition coefficient (Wildman–Crippen LogP) is 2.68. The van der Waals surface area contributed by atoms with Gasteiger partial charge in [0.25, 0.3) is 18.3 Å². The van der Waals surface area contributed by atoms with Crippen LogP contribution in [0.2, 0.25) is 5.02 Å². The van der Waals surface area contributed by atoms with Crippen molar-refractivity contribution in [2.24, 2.45) is 12.8 Å². The molecule has 1 aliphatic rings. The summed E-state index contributed by atoms with van der Waals surface area (Å²) in [4.78, 5) is 52.2. The van der Waals surface area contributed by atoms with Gasteiger partial charge < -0.3 is 40.4 Å². The smallest absolute Gasteiger partial charge is 0.291 e. The van der Waals surface area contributed by atoms with E-state index in [2.05, 4.69) is 15.6 Å². The minimum Gasteiger partial charge on any atom is -0.494 e. The monoisotopic (exact) mass is 650 g/mol. The Hall–Kier alpha value is -4.60. The first kappa shape index (κ1) is 34.9. The molecule has 2 aromatic carbocycles. The van der Waals surface area contributed by atoms with Gasteiger partial charge >= 0.3 is 0 Å². The van der Waals surface area contributed by atoms with E-state index in [-0.39, 0.29) is 58.3 Å². The van der Waals surface area contributed by atoms with Crippen molar-refractivity contribution in [2.75, 3.05) is 45.3 Å². The van der Waals surface area contributed by atoms with Gasteiger partial charge in [0.05, 0.1) is 49.2 Å². The van der Waals surface area contributed by atoms with Crippen molar-refractivity contribution in [3.05, 3.63) is 64.6 Å². The number of benzene rings is 2. The summed E-state index contributed by atoms with van der Waals surface area (Å²) < 4.78 is 40.2. The van der Waals surface area contributed by atoms with Crippen LogP contribution in [0.25, 0.3) is 11.3 Å². The molecule has 0 saturated carbocycles. The molecule has 3 aromatic rings. The lowest BCUT2D eigenvalue weighted by Gasteiger charge is -2.17. The largest absolute Gasteiger partial charge is 0.494 e. The van der Waals surface area contributed by atoms with Gasteiger partial charge in [-0.2, -0.15) is 4.39 Å². The van der Waals surface area contributed by atoms with E-state index in [0.717, 1.165) is 0 Å². The van der Waals surface area contributed by atoms with Crippen LogP contribution >= 0.6 is 11.6 Å². The molecule has 1 aliphatic heterocycles. The highest BCUT2D eigenvalue weighted by Crippen LogP contribution is 2.30. The Labute approximate surface area is 262 Å². The van der Waals surface area contributed by atoms with Crippen LogP contribution in [-0.2, 0) is 21.4 Å². The Morgan fingerprint density at radius 1 is 1.18 bits per heavy atom. The van der Waals surface area contributed by atoms with Crippen LogP contribution in [0.5, 0.6) is 5.75 Å². The molecule has 1 aromatic heterocycles. The minimum atomic E-state index is -1.15. The third-order valence-electron chi connectivity index (χ3n) is 6.80. The molecule has 13 nitrogen and oxygen atoms in total. The fraction of sp³-hybridized carbons (Fsp3) is 0.345. The van der Waals surface area contributed by atoms with E-state index in [1.54, 1.807) is 4.90 Å². The summed E-state index contributed by atoms with van der Waals surface area (Å²) in [5.41, 5.74) is 5.95. The minimum absolute atomic E-state index is 0.0528. The van der Waals surface area contributed by atoms with Gasteiger partial charge in [0.15, 0.2) is 17.4 Å². The van der Waals surface area contributed by atoms with Crippen molar-refractivity contribution in [1.29, 1.82) is 0 Å². The molecule has 5 N–H and O–H groups in total. The fourth-order valence-corrected chi connectivity index (χ4v) is 4.86. The standard InChI is InChI=1S/C28H31ClF2N6O5.CH2O2/c1-36-21(19-5-6-22(41-2)25(31)24(19)30)14-33-26(36)28(40)34-16-3-4-18(20(29)13-16)27(39)35-17-7-10-37(15-17)23(38)8-11-42-12-9-32;2-1-3/h3-6,13-14,17H,7-12,15,32H2,1-2H3,(H,34,40)(H,35,39);1H,(H,2,3). The van der Waals surface area contributed by atoms with Crippen molar-refractivity contribution in [3.63, 3.8) is 0 Å². The van der Waals surface area contributed by atoms with Crippen molar-refractivity contribution in [3.8, 4) is 17.0 Å². The number of nitrogens with one attached hydrogen (secondary N) is 2. The molecular weight excluding hydrogens is 618 g/mol. The van der Waals surface area contributed by atoms with Crippen molar-refractivity contribution in [1.82, 2.24) is 19.8 Å². The number of carbonyl (C=O) groups excluding carboxylic acids is 3. The normalized spacial score (nSPS) is 13.9. The number of halogens is 3. The number of amides is 3. The molecule has 1 saturated heterocycles. The van der Waals surface area contributed by atoms with E-state index < -0.39 is 23.4 Å². The summed E-state index contributed by atoms with van der Waals surface area (Å²) >= 11 is 6.37. The average Bonchev–Trinajstić information content (AvgIpc) is 3.63. The topological polar surface area (TPSA) is 178 Å². The lowest BCUT2D eigenvalue weighted by Crippen LogP contribution is -2.38. The molecule has 45 heavy (non-hydrogen) atoms. The molecule has 4 rings (SSSR count). The van der Waals surface area contributed by atoms with Crippen LogP contribution in [0.3, 0.4) is 0 Å². The van der Waals surface area contributed by atoms with E-state index in [9.17, 15) is 23.2 Å². The van der Waals surface area contributed by atoms with E-state index >= 15 is 0 Å². The first-order valence-electron chi connectivity index (χ1n) is 13.6. The highest BCUT2D eigenvalue weighted by molar-refractivity contribution is 6.34. The summed E-state index contributed by atoms with van der Waals surface area (Å²) in [6, 6.07) is 6.78. The second kappa shape index (κ2) is 16.5. The first-order chi connectivity index (χ1) is 21.6. The summed E-state index contributed by atoms with van der Waals surface area (Å²) in [5.74, 6) is -3.68. The maximum Gasteiger partial charge on any atom is 0.291 e. The van der Waals surface area contributed by atoms with Gasteiger partial charge in [-0.15, -0.1) is 0 Å². The Kier molecular flexibility index (Phi) is 12.8. The van der Waals surface area contributed by atoms with Crippen molar-refractivity contribution < 1.29 is 42.5 Å². The number of hydrogen-bond donors (Lipinski definition) is 4. The van der Waals surface area contributed by atoms with Crippen LogP contribution in [-0.4, -0.2) is 89.8 Å². The van der Waals surface area contributed by atoms with Crippen LogP contribution in [0, 0.1) is 11.6 Å². The number of nitrogens with zero attached hydrogens (tertiary/aromatic N) is 3. The van der Waals surface area contributed by atoms with Crippen LogP contribution in [0.15, 0.2) is 36.5 Å². The molecule has 1 atom stereocenters. The summed E-state index contributed by atoms with van der Waals surface area (Å²) in [7, 11) is 2.72. The third-order valence-corrected chi connectivity index (χ3v) is 7.12. The van der Waals surface area contributed by atoms with Gasteiger partial charge in [-0.05, 0) is 36.8 Å². The zero-order chi connectivity index (χ0) is 33.1. The maximum absolute atomic E-state index is 14.6. The fourth-order valence-electron chi connectivity index (χ4n) is 4.59. The Balaban J connectivity index is 0.00000177. The van der Waals surface area contributed by atoms with Crippen LogP contribution in [0.1, 0.15) is 33.8 Å². The zero-order valence-corrected chi connectivity index (χ0v) is 25.3. The number of imidazole rings is 1. The molecule has 0 spiro atoms. The van der Waals surface area contributed by atoms with Gasteiger partial charge in [-0.1, -0.05) is 11.6 Å². The predicted molar refractivity (Wildman–Crippen MR) is 160 cm³/mol. The summed E-state index contributed by atoms with van der Waals surface area (Å²) in [6.07, 6.45) is 2.11. The second-order valence-corrected chi connectivity index (χ2v) is 10.1. The number of nitrogens with two attached hydrogens (primary N) is 1. The van der Waals surface area contributed by atoms with E-state index in [0.29, 0.717) is 45.0 Å². The summed E-state index contributed by atoms with van der Waals surface area (Å²) in [5, 5.41) is 12.5. The highest BCUT2D eigenvalue weighted by atomic mass is 35.5. The molecule has 0 aliphatic carbocycles. The van der Waals surface area contributed by atoms with Crippen molar-refractivity contribution in [2.45, 2.75) is 18.9 Å². The first-order valence-corrected chi connectivity index (χ1v) is 14.0. The number of aromatic nitrogens is 2. The number of carboxylic acid groups (broad SMARTS) is 1. The second-order valence-electron chi connectivity index (χ2n) is 9.67. The number of carbonyl (C=O) groups is 4. The molecule has 1 fully saturated rings. The van der Waals surface area contributed by atoms with Gasteiger partial charge in [-0.3, -0.25) is 19.2 Å². The number of methoxy groups -OCH3 is 1. The van der Waals surface area contributed by atoms with Gasteiger partial charge in [0.1, 0.15) is 0 Å². The quantitative estimate of drug-likeness (QED) is 0.179. The van der Waals surface area contributed by atoms with Gasteiger partial charge in [0, 0.05) is 44.0 Å².